The van der Waals surface area contributed by atoms with Gasteiger partial charge in [0.15, 0.2) is 0 Å². The highest BCUT2D eigenvalue weighted by molar-refractivity contribution is 6.20. The topological polar surface area (TPSA) is 3.24 Å². The van der Waals surface area contributed by atoms with Gasteiger partial charge >= 0.3 is 0 Å². The lowest BCUT2D eigenvalue weighted by Crippen LogP contribution is -2.13. The highest BCUT2D eigenvalue weighted by Gasteiger charge is 2.17. The highest BCUT2D eigenvalue weighted by Crippen LogP contribution is 2.37. The number of nitrogens with zero attached hydrogens (tertiary/aromatic N) is 1. The minimum Gasteiger partial charge on any atom is -0.311 e. The van der Waals surface area contributed by atoms with Gasteiger partial charge < -0.3 is 4.90 Å². The molecule has 0 amide bonds. The van der Waals surface area contributed by atoms with Gasteiger partial charge in [-0.05, 0) is 170 Å². The van der Waals surface area contributed by atoms with Crippen molar-refractivity contribution in [1.29, 1.82) is 0 Å². The van der Waals surface area contributed by atoms with Crippen LogP contribution in [0.1, 0.15) is 38.9 Å². The average Bonchev–Trinajstić information content (AvgIpc) is 3.09. The molecule has 1 heteroatoms. The third-order valence-electron chi connectivity index (χ3n) is 10.5. The molecule has 0 saturated heterocycles. The smallest absolute Gasteiger partial charge is 0.0462 e. The van der Waals surface area contributed by atoms with Crippen LogP contribution in [0.15, 0.2) is 121 Å². The summed E-state index contributed by atoms with van der Waals surface area (Å²) in [5.41, 5.74) is 12.5. The molecular formula is C47H37N. The second-order valence-electron chi connectivity index (χ2n) is 13.7. The Morgan fingerprint density at radius 3 is 0.979 bits per heavy atom. The molecule has 0 aliphatic rings. The Labute approximate surface area is 281 Å². The van der Waals surface area contributed by atoms with E-state index < -0.39 is 0 Å². The number of aryl methyl sites for hydroxylation is 5. The Bertz CT molecular complexity index is 2450. The molecule has 0 spiro atoms. The van der Waals surface area contributed by atoms with Crippen LogP contribution in [0.4, 0.5) is 17.1 Å². The van der Waals surface area contributed by atoms with Crippen molar-refractivity contribution in [3.63, 3.8) is 0 Å². The van der Waals surface area contributed by atoms with Crippen LogP contribution in [0.2, 0.25) is 0 Å². The van der Waals surface area contributed by atoms with Crippen molar-refractivity contribution in [3.05, 3.63) is 171 Å². The SMILES string of the molecule is Cc1ccc(N(c2ccc(C=c3c4ccc(C)c5c(C)ccc3c54)cc2)c2ccc(C=c3c4ccc(C)c5c(C)ccc3c54)cc2)cc1. The normalized spacial score (nSPS) is 11.9. The van der Waals surface area contributed by atoms with E-state index >= 15 is 0 Å². The van der Waals surface area contributed by atoms with Crippen LogP contribution in [-0.2, 0) is 0 Å². The van der Waals surface area contributed by atoms with Crippen molar-refractivity contribution in [2.24, 2.45) is 0 Å². The molecular weight excluding hydrogens is 579 g/mol. The summed E-state index contributed by atoms with van der Waals surface area (Å²) < 4.78 is 0. The quantitative estimate of drug-likeness (QED) is 0.186. The summed E-state index contributed by atoms with van der Waals surface area (Å²) in [5, 5.41) is 13.8. The van der Waals surface area contributed by atoms with Gasteiger partial charge in [0.2, 0.25) is 0 Å². The standard InChI is InChI=1S/C47H37N/c1-28-6-16-35(17-7-28)48(36-18-12-33(13-19-36)26-42-38-22-8-29(2)44-30(3)9-23-39(42)46(38)44)37-20-14-34(15-21-37)27-43-40-24-10-31(4)45-32(5)11-25-41(43)47(40)45/h6-27H,1-5H3. The Morgan fingerprint density at radius 2 is 0.646 bits per heavy atom. The van der Waals surface area contributed by atoms with Crippen molar-refractivity contribution < 1.29 is 0 Å². The maximum Gasteiger partial charge on any atom is 0.0462 e. The van der Waals surface area contributed by atoms with Crippen LogP contribution in [0.5, 0.6) is 0 Å². The van der Waals surface area contributed by atoms with Gasteiger partial charge in [-0.25, -0.2) is 0 Å². The van der Waals surface area contributed by atoms with Crippen molar-refractivity contribution in [1.82, 2.24) is 0 Å². The van der Waals surface area contributed by atoms with E-state index in [9.17, 15) is 0 Å². The molecule has 0 aromatic heterocycles. The molecule has 0 bridgehead atoms. The van der Waals surface area contributed by atoms with E-state index in [2.05, 4.69) is 173 Å². The first-order valence-electron chi connectivity index (χ1n) is 16.9. The zero-order valence-electron chi connectivity index (χ0n) is 28.1. The van der Waals surface area contributed by atoms with Crippen LogP contribution in [0.3, 0.4) is 0 Å². The van der Waals surface area contributed by atoms with E-state index in [1.807, 2.05) is 0 Å². The molecule has 0 aliphatic heterocycles. The first kappa shape index (κ1) is 28.6. The summed E-state index contributed by atoms with van der Waals surface area (Å²) in [5.74, 6) is 0. The summed E-state index contributed by atoms with van der Waals surface area (Å²) >= 11 is 0. The van der Waals surface area contributed by atoms with Crippen LogP contribution in [0.25, 0.3) is 55.2 Å². The van der Waals surface area contributed by atoms with Crippen molar-refractivity contribution in [2.75, 3.05) is 4.90 Å². The molecule has 0 aliphatic carbocycles. The molecule has 0 N–H and O–H groups in total. The van der Waals surface area contributed by atoms with Crippen LogP contribution >= 0.6 is 0 Å². The van der Waals surface area contributed by atoms with Crippen molar-refractivity contribution in [3.8, 4) is 0 Å². The third kappa shape index (κ3) is 4.31. The maximum atomic E-state index is 2.35. The number of hydrogen-bond acceptors (Lipinski definition) is 1. The van der Waals surface area contributed by atoms with Crippen LogP contribution < -0.4 is 15.3 Å². The van der Waals surface area contributed by atoms with Crippen molar-refractivity contribution in [2.45, 2.75) is 34.6 Å². The molecule has 9 aromatic rings. The zero-order valence-corrected chi connectivity index (χ0v) is 28.1. The number of anilines is 3. The molecule has 9 rings (SSSR count). The summed E-state index contributed by atoms with van der Waals surface area (Å²) in [6.45, 7) is 11.0. The monoisotopic (exact) mass is 615 g/mol. The van der Waals surface area contributed by atoms with Gasteiger partial charge in [0.25, 0.3) is 0 Å². The molecule has 230 valence electrons. The van der Waals surface area contributed by atoms with Crippen LogP contribution in [-0.4, -0.2) is 0 Å². The second-order valence-corrected chi connectivity index (χ2v) is 13.7. The predicted octanol–water partition coefficient (Wildman–Crippen LogP) is 11.3. The molecule has 0 saturated carbocycles. The molecule has 0 atom stereocenters. The van der Waals surface area contributed by atoms with E-state index in [0.717, 1.165) is 17.1 Å². The molecule has 0 unspecified atom stereocenters. The molecule has 0 radical (unpaired) electrons. The second kappa shape index (κ2) is 10.7. The molecule has 9 aromatic carbocycles. The summed E-state index contributed by atoms with van der Waals surface area (Å²) in [6.07, 6.45) is 4.68. The Balaban J connectivity index is 1.08. The van der Waals surface area contributed by atoms with Gasteiger partial charge in [0, 0.05) is 17.1 Å². The number of hydrogen-bond donors (Lipinski definition) is 0. The lowest BCUT2D eigenvalue weighted by atomic mass is 9.87. The summed E-state index contributed by atoms with van der Waals surface area (Å²) in [4.78, 5) is 2.35. The molecule has 0 heterocycles. The van der Waals surface area contributed by atoms with Crippen LogP contribution in [0, 0.1) is 34.6 Å². The third-order valence-corrected chi connectivity index (χ3v) is 10.5. The lowest BCUT2D eigenvalue weighted by Gasteiger charge is -2.26. The first-order chi connectivity index (χ1) is 23.4. The summed E-state index contributed by atoms with van der Waals surface area (Å²) in [6, 6.07) is 45.0. The van der Waals surface area contributed by atoms with Gasteiger partial charge in [-0.1, -0.05) is 90.5 Å². The first-order valence-corrected chi connectivity index (χ1v) is 16.9. The van der Waals surface area contributed by atoms with E-state index in [-0.39, 0.29) is 0 Å². The molecule has 0 fully saturated rings. The van der Waals surface area contributed by atoms with E-state index in [1.54, 1.807) is 0 Å². The predicted molar refractivity (Wildman–Crippen MR) is 208 cm³/mol. The van der Waals surface area contributed by atoms with Crippen molar-refractivity contribution >= 4 is 72.3 Å². The highest BCUT2D eigenvalue weighted by atomic mass is 15.1. The Hall–Kier alpha value is -5.66. The maximum absolute atomic E-state index is 2.35. The summed E-state index contributed by atoms with van der Waals surface area (Å²) in [7, 11) is 0. The average molecular weight is 616 g/mol. The fourth-order valence-corrected chi connectivity index (χ4v) is 8.03. The van der Waals surface area contributed by atoms with Gasteiger partial charge in [0.1, 0.15) is 0 Å². The van der Waals surface area contributed by atoms with Gasteiger partial charge in [0.05, 0.1) is 0 Å². The fourth-order valence-electron chi connectivity index (χ4n) is 8.03. The fraction of sp³-hybridized carbons (Fsp3) is 0.106. The number of benzene rings is 7. The van der Waals surface area contributed by atoms with Gasteiger partial charge in [-0.2, -0.15) is 0 Å². The van der Waals surface area contributed by atoms with Gasteiger partial charge in [-0.3, -0.25) is 0 Å². The minimum atomic E-state index is 1.14. The largest absolute Gasteiger partial charge is 0.311 e. The van der Waals surface area contributed by atoms with E-state index in [4.69, 9.17) is 0 Å². The van der Waals surface area contributed by atoms with E-state index in [0.29, 0.717) is 0 Å². The lowest BCUT2D eigenvalue weighted by molar-refractivity contribution is 1.27. The van der Waals surface area contributed by atoms with Gasteiger partial charge in [-0.15, -0.1) is 0 Å². The minimum absolute atomic E-state index is 1.14. The Kier molecular flexibility index (Phi) is 6.36. The molecule has 48 heavy (non-hydrogen) atoms. The number of rotatable bonds is 5. The zero-order chi connectivity index (χ0) is 32.7. The molecule has 1 nitrogen and oxygen atoms in total. The van der Waals surface area contributed by atoms with E-state index in [1.165, 1.54) is 92.5 Å². The Morgan fingerprint density at radius 1 is 0.333 bits per heavy atom.